The first kappa shape index (κ1) is 18.7. The van der Waals surface area contributed by atoms with Crippen molar-refractivity contribution < 1.29 is 31.8 Å². The quantitative estimate of drug-likeness (QED) is 0.729. The number of aliphatic hydroxyl groups is 1. The fourth-order valence-corrected chi connectivity index (χ4v) is 4.52. The van der Waals surface area contributed by atoms with Gasteiger partial charge in [0.2, 0.25) is 15.9 Å². The molecule has 0 aromatic heterocycles. The Morgan fingerprint density at radius 1 is 1.12 bits per heavy atom. The molecule has 0 fully saturated rings. The summed E-state index contributed by atoms with van der Waals surface area (Å²) in [7, 11) is -3.77. The zero-order chi connectivity index (χ0) is 18.9. The summed E-state index contributed by atoms with van der Waals surface area (Å²) in [5, 5.41) is 8.84. The van der Waals surface area contributed by atoms with Gasteiger partial charge >= 0.3 is 6.61 Å². The van der Waals surface area contributed by atoms with E-state index in [1.54, 1.807) is 4.90 Å². The number of hydrogen-bond acceptors (Lipinski definition) is 5. The van der Waals surface area contributed by atoms with Gasteiger partial charge in [-0.25, -0.2) is 8.42 Å². The van der Waals surface area contributed by atoms with Crippen molar-refractivity contribution in [1.29, 1.82) is 0 Å². The number of alkyl halides is 2. The minimum Gasteiger partial charge on any atom is -0.435 e. The number of sulfonamides is 1. The van der Waals surface area contributed by atoms with Crippen LogP contribution in [0.5, 0.6) is 5.75 Å². The maximum absolute atomic E-state index is 12.7. The summed E-state index contributed by atoms with van der Waals surface area (Å²) in [4.78, 5) is 13.4. The first-order valence-electron chi connectivity index (χ1n) is 7.94. The molecule has 26 heavy (non-hydrogen) atoms. The molecule has 0 aliphatic carbocycles. The number of rotatable bonds is 6. The van der Waals surface area contributed by atoms with Gasteiger partial charge in [-0.05, 0) is 35.4 Å². The molecule has 0 atom stereocenters. The van der Waals surface area contributed by atoms with E-state index in [1.165, 1.54) is 28.6 Å². The van der Waals surface area contributed by atoms with E-state index in [2.05, 4.69) is 4.74 Å². The van der Waals surface area contributed by atoms with E-state index in [0.29, 0.717) is 13.1 Å². The van der Waals surface area contributed by atoms with Crippen LogP contribution >= 0.6 is 0 Å². The zero-order valence-electron chi connectivity index (χ0n) is 13.8. The maximum Gasteiger partial charge on any atom is 0.387 e. The normalized spacial score (nSPS) is 17.9. The molecule has 0 bridgehead atoms. The van der Waals surface area contributed by atoms with Crippen molar-refractivity contribution in [2.45, 2.75) is 17.9 Å². The maximum atomic E-state index is 12.7. The topological polar surface area (TPSA) is 87.2 Å². The third-order valence-electron chi connectivity index (χ3n) is 4.36. The third-order valence-corrected chi connectivity index (χ3v) is 6.17. The van der Waals surface area contributed by atoms with Crippen molar-refractivity contribution in [2.24, 2.45) is 0 Å². The lowest BCUT2D eigenvalue weighted by molar-refractivity contribution is -0.130. The standard InChI is InChI=1S/C16H18F2N2O5S/c17-16(18)25-13-1-3-14(4-2-13)26(23,24)20-9-11-7-19(8-12(11)10-20)15(22)5-6-21/h1-4,16,21H,5-10H2. The lowest BCUT2D eigenvalue weighted by Crippen LogP contribution is -2.36. The molecule has 2 heterocycles. The molecular formula is C16H18F2N2O5S. The molecule has 2 aliphatic heterocycles. The SMILES string of the molecule is O=C(CCO)N1CC2=C(C1)CN(S(=O)(=O)c1ccc(OC(F)F)cc1)C2. The molecule has 1 N–H and O–H groups in total. The van der Waals surface area contributed by atoms with E-state index < -0.39 is 16.6 Å². The largest absolute Gasteiger partial charge is 0.435 e. The Hall–Kier alpha value is -2.04. The van der Waals surface area contributed by atoms with Gasteiger partial charge in [0, 0.05) is 32.6 Å². The minimum atomic E-state index is -3.77. The molecule has 0 unspecified atom stereocenters. The third kappa shape index (κ3) is 3.71. The predicted molar refractivity (Wildman–Crippen MR) is 87.1 cm³/mol. The predicted octanol–water partition coefficient (Wildman–Crippen LogP) is 0.813. The number of carbonyl (C=O) groups excluding carboxylic acids is 1. The Balaban J connectivity index is 1.65. The fraction of sp³-hybridized carbons (Fsp3) is 0.438. The first-order chi connectivity index (χ1) is 12.3. The van der Waals surface area contributed by atoms with Crippen LogP contribution in [0.1, 0.15) is 6.42 Å². The second-order valence-electron chi connectivity index (χ2n) is 6.05. The van der Waals surface area contributed by atoms with Crippen LogP contribution in [-0.4, -0.2) is 68.0 Å². The average Bonchev–Trinajstić information content (AvgIpc) is 3.14. The molecular weight excluding hydrogens is 370 g/mol. The van der Waals surface area contributed by atoms with Gasteiger partial charge in [0.1, 0.15) is 5.75 Å². The zero-order valence-corrected chi connectivity index (χ0v) is 14.6. The van der Waals surface area contributed by atoms with Gasteiger partial charge in [-0.15, -0.1) is 0 Å². The molecule has 2 aliphatic rings. The van der Waals surface area contributed by atoms with E-state index in [1.807, 2.05) is 0 Å². The number of aliphatic hydroxyl groups excluding tert-OH is 1. The lowest BCUT2D eigenvalue weighted by atomic mass is 10.2. The molecule has 7 nitrogen and oxygen atoms in total. The number of carbonyl (C=O) groups is 1. The Bertz CT molecular complexity index is 806. The smallest absolute Gasteiger partial charge is 0.387 e. The van der Waals surface area contributed by atoms with E-state index in [9.17, 15) is 22.0 Å². The molecule has 0 radical (unpaired) electrons. The molecule has 1 aromatic carbocycles. The fourth-order valence-electron chi connectivity index (χ4n) is 3.09. The van der Waals surface area contributed by atoms with Gasteiger partial charge in [-0.3, -0.25) is 4.79 Å². The summed E-state index contributed by atoms with van der Waals surface area (Å²) in [6, 6.07) is 4.83. The van der Waals surface area contributed by atoms with Crippen molar-refractivity contribution in [3.05, 3.63) is 35.4 Å². The van der Waals surface area contributed by atoms with Gasteiger partial charge < -0.3 is 14.7 Å². The number of benzene rings is 1. The summed E-state index contributed by atoms with van der Waals surface area (Å²) in [6.07, 6.45) is 0.0512. The van der Waals surface area contributed by atoms with Crippen LogP contribution < -0.4 is 4.74 Å². The summed E-state index contributed by atoms with van der Waals surface area (Å²) in [6.45, 7) is -2.08. The van der Waals surface area contributed by atoms with E-state index in [0.717, 1.165) is 11.1 Å². The van der Waals surface area contributed by atoms with Gasteiger partial charge in [-0.2, -0.15) is 13.1 Å². The molecule has 10 heteroatoms. The second-order valence-corrected chi connectivity index (χ2v) is 7.99. The number of amides is 1. The van der Waals surface area contributed by atoms with Crippen LogP contribution in [0.2, 0.25) is 0 Å². The minimum absolute atomic E-state index is 0.00602. The number of nitrogens with zero attached hydrogens (tertiary/aromatic N) is 2. The van der Waals surface area contributed by atoms with Crippen molar-refractivity contribution in [2.75, 3.05) is 32.8 Å². The highest BCUT2D eigenvalue weighted by atomic mass is 32.2. The Kier molecular flexibility index (Phi) is 5.26. The molecule has 142 valence electrons. The summed E-state index contributed by atoms with van der Waals surface area (Å²) >= 11 is 0. The van der Waals surface area contributed by atoms with Gasteiger partial charge in [0.05, 0.1) is 11.5 Å². The number of hydrogen-bond donors (Lipinski definition) is 1. The summed E-state index contributed by atoms with van der Waals surface area (Å²) in [5.74, 6) is -0.273. The van der Waals surface area contributed by atoms with Crippen molar-refractivity contribution in [1.82, 2.24) is 9.21 Å². The highest BCUT2D eigenvalue weighted by Gasteiger charge is 2.37. The molecule has 0 saturated heterocycles. The molecule has 1 amide bonds. The van der Waals surface area contributed by atoms with Crippen LogP contribution in [0.15, 0.2) is 40.3 Å². The van der Waals surface area contributed by atoms with E-state index in [-0.39, 0.29) is 42.7 Å². The highest BCUT2D eigenvalue weighted by molar-refractivity contribution is 7.89. The molecule has 0 spiro atoms. The molecule has 0 saturated carbocycles. The van der Waals surface area contributed by atoms with Gasteiger partial charge in [0.25, 0.3) is 0 Å². The molecule has 1 aromatic rings. The van der Waals surface area contributed by atoms with Gasteiger partial charge in [0.15, 0.2) is 0 Å². The Morgan fingerprint density at radius 2 is 1.69 bits per heavy atom. The first-order valence-corrected chi connectivity index (χ1v) is 9.38. The average molecular weight is 388 g/mol. The van der Waals surface area contributed by atoms with Crippen LogP contribution in [0.4, 0.5) is 8.78 Å². The van der Waals surface area contributed by atoms with Crippen LogP contribution in [0.3, 0.4) is 0 Å². The highest BCUT2D eigenvalue weighted by Crippen LogP contribution is 2.30. The van der Waals surface area contributed by atoms with Gasteiger partial charge in [-0.1, -0.05) is 0 Å². The Labute approximate surface area is 149 Å². The Morgan fingerprint density at radius 3 is 2.19 bits per heavy atom. The van der Waals surface area contributed by atoms with Crippen molar-refractivity contribution in [3.8, 4) is 5.75 Å². The van der Waals surface area contributed by atoms with Crippen molar-refractivity contribution in [3.63, 3.8) is 0 Å². The van der Waals surface area contributed by atoms with E-state index >= 15 is 0 Å². The van der Waals surface area contributed by atoms with E-state index in [4.69, 9.17) is 5.11 Å². The van der Waals surface area contributed by atoms with Crippen LogP contribution in [-0.2, 0) is 14.8 Å². The number of ether oxygens (including phenoxy) is 1. The molecule has 3 rings (SSSR count). The van der Waals surface area contributed by atoms with Crippen molar-refractivity contribution >= 4 is 15.9 Å². The van der Waals surface area contributed by atoms with Crippen LogP contribution in [0, 0.1) is 0 Å². The second kappa shape index (κ2) is 7.29. The summed E-state index contributed by atoms with van der Waals surface area (Å²) in [5.41, 5.74) is 1.77. The summed E-state index contributed by atoms with van der Waals surface area (Å²) < 4.78 is 55.3. The monoisotopic (exact) mass is 388 g/mol. The lowest BCUT2D eigenvalue weighted by Gasteiger charge is -2.22. The number of halogens is 2. The van der Waals surface area contributed by atoms with Crippen LogP contribution in [0.25, 0.3) is 0 Å².